The first-order chi connectivity index (χ1) is 12.8. The summed E-state index contributed by atoms with van der Waals surface area (Å²) in [5, 5.41) is 14.1. The fourth-order valence-electron chi connectivity index (χ4n) is 3.48. The topological polar surface area (TPSA) is 52.9 Å². The van der Waals surface area contributed by atoms with Gasteiger partial charge >= 0.3 is 0 Å². The highest BCUT2D eigenvalue weighted by atomic mass is 35.5. The third-order valence-corrected chi connectivity index (χ3v) is 5.27. The van der Waals surface area contributed by atoms with Crippen LogP contribution >= 0.6 is 23.2 Å². The lowest BCUT2D eigenvalue weighted by atomic mass is 9.90. The Bertz CT molecular complexity index is 930. The molecule has 0 atom stereocenters. The monoisotopic (exact) mass is 402 g/mol. The molecule has 3 rings (SSSR count). The average Bonchev–Trinajstić information content (AvgIpc) is 2.90. The molecule has 0 bridgehead atoms. The summed E-state index contributed by atoms with van der Waals surface area (Å²) in [7, 11) is 0. The van der Waals surface area contributed by atoms with Crippen LogP contribution < -0.4 is 0 Å². The van der Waals surface area contributed by atoms with E-state index in [1.807, 2.05) is 51.1 Å². The third-order valence-electron chi connectivity index (χ3n) is 4.83. The van der Waals surface area contributed by atoms with Crippen LogP contribution in [-0.4, -0.2) is 33.8 Å². The molecule has 1 aliphatic rings. The Labute approximate surface area is 168 Å². The smallest absolute Gasteiger partial charge is 0.255 e. The van der Waals surface area contributed by atoms with Gasteiger partial charge in [0.2, 0.25) is 0 Å². The van der Waals surface area contributed by atoms with Crippen molar-refractivity contribution in [3.8, 4) is 0 Å². The highest BCUT2D eigenvalue weighted by molar-refractivity contribution is 6.35. The first kappa shape index (κ1) is 19.5. The lowest BCUT2D eigenvalue weighted by Gasteiger charge is -2.36. The maximum absolute atomic E-state index is 13.2. The molecule has 0 fully saturated rings. The molecule has 0 unspecified atom stereocenters. The van der Waals surface area contributed by atoms with Crippen LogP contribution in [0.15, 0.2) is 59.3 Å². The number of hydrogen-bond donors (Lipinski definition) is 1. The van der Waals surface area contributed by atoms with Crippen molar-refractivity contribution in [2.24, 2.45) is 5.16 Å². The first-order valence-electron chi connectivity index (χ1n) is 8.52. The summed E-state index contributed by atoms with van der Waals surface area (Å²) < 4.78 is 0. The van der Waals surface area contributed by atoms with E-state index in [0.717, 1.165) is 11.1 Å². The fraction of sp³-hybridized carbons (Fsp3) is 0.238. The van der Waals surface area contributed by atoms with Crippen molar-refractivity contribution in [1.82, 2.24) is 4.90 Å². The van der Waals surface area contributed by atoms with Crippen LogP contribution in [-0.2, 0) is 4.79 Å². The van der Waals surface area contributed by atoms with E-state index in [0.29, 0.717) is 33.4 Å². The highest BCUT2D eigenvalue weighted by Crippen LogP contribution is 2.35. The molecular weight excluding hydrogens is 383 g/mol. The van der Waals surface area contributed by atoms with Gasteiger partial charge in [-0.2, -0.15) is 0 Å². The van der Waals surface area contributed by atoms with E-state index in [2.05, 4.69) is 5.16 Å². The Morgan fingerprint density at radius 2 is 1.70 bits per heavy atom. The molecule has 1 N–H and O–H groups in total. The Kier molecular flexibility index (Phi) is 5.31. The summed E-state index contributed by atoms with van der Waals surface area (Å²) in [6.07, 6.45) is 0. The molecule has 2 aromatic carbocycles. The second kappa shape index (κ2) is 7.37. The molecule has 1 amide bonds. The van der Waals surface area contributed by atoms with E-state index in [-0.39, 0.29) is 5.91 Å². The largest absolute Gasteiger partial charge is 0.411 e. The van der Waals surface area contributed by atoms with E-state index < -0.39 is 5.54 Å². The van der Waals surface area contributed by atoms with E-state index in [9.17, 15) is 10.0 Å². The standard InChI is InChI=1S/C21H20Cl2N2O2/c1-13-12-25(20(26)18(13)14-7-5-4-6-8-14)21(2,3)19(24-27)15-9-16(22)11-17(23)10-15/h4-11,27H,12H2,1-3H3/b24-19-. The van der Waals surface area contributed by atoms with Crippen molar-refractivity contribution >= 4 is 40.4 Å². The van der Waals surface area contributed by atoms with Crippen molar-refractivity contribution in [2.75, 3.05) is 6.54 Å². The van der Waals surface area contributed by atoms with E-state index >= 15 is 0 Å². The Hall–Kier alpha value is -2.30. The van der Waals surface area contributed by atoms with Gasteiger partial charge in [0.15, 0.2) is 0 Å². The minimum Gasteiger partial charge on any atom is -0.411 e. The molecule has 0 spiro atoms. The summed E-state index contributed by atoms with van der Waals surface area (Å²) in [5.41, 5.74) is 2.55. The predicted molar refractivity (Wildman–Crippen MR) is 110 cm³/mol. The Morgan fingerprint density at radius 1 is 1.11 bits per heavy atom. The molecule has 27 heavy (non-hydrogen) atoms. The number of oxime groups is 1. The maximum atomic E-state index is 13.2. The van der Waals surface area contributed by atoms with Gasteiger partial charge in [-0.05, 0) is 50.1 Å². The van der Waals surface area contributed by atoms with E-state index in [4.69, 9.17) is 23.2 Å². The molecule has 0 saturated heterocycles. The minimum atomic E-state index is -0.877. The van der Waals surface area contributed by atoms with Gasteiger partial charge in [0.05, 0.1) is 5.54 Å². The van der Waals surface area contributed by atoms with Gasteiger partial charge in [0, 0.05) is 27.7 Å². The zero-order valence-corrected chi connectivity index (χ0v) is 16.8. The van der Waals surface area contributed by atoms with Crippen molar-refractivity contribution in [1.29, 1.82) is 0 Å². The zero-order valence-electron chi connectivity index (χ0n) is 15.3. The first-order valence-corrected chi connectivity index (χ1v) is 9.27. The maximum Gasteiger partial charge on any atom is 0.255 e. The van der Waals surface area contributed by atoms with Gasteiger partial charge in [-0.15, -0.1) is 0 Å². The molecule has 0 radical (unpaired) electrons. The molecule has 0 saturated carbocycles. The normalized spacial score (nSPS) is 15.7. The van der Waals surface area contributed by atoms with Crippen LogP contribution in [0.4, 0.5) is 0 Å². The SMILES string of the molecule is CC1=C(c2ccccc2)C(=O)N(C(C)(C)/C(=N\O)c2cc(Cl)cc(Cl)c2)C1. The van der Waals surface area contributed by atoms with Gasteiger partial charge in [-0.25, -0.2) is 0 Å². The van der Waals surface area contributed by atoms with Gasteiger partial charge in [0.25, 0.3) is 5.91 Å². The number of amides is 1. The molecular formula is C21H20Cl2N2O2. The summed E-state index contributed by atoms with van der Waals surface area (Å²) in [5.74, 6) is -0.0991. The van der Waals surface area contributed by atoms with Crippen molar-refractivity contribution < 1.29 is 10.0 Å². The molecule has 1 aliphatic heterocycles. The molecule has 2 aromatic rings. The minimum absolute atomic E-state index is 0.0991. The Morgan fingerprint density at radius 3 is 2.26 bits per heavy atom. The number of halogens is 2. The lowest BCUT2D eigenvalue weighted by Crippen LogP contribution is -2.51. The number of carbonyl (C=O) groups is 1. The van der Waals surface area contributed by atoms with Gasteiger partial charge in [-0.3, -0.25) is 4.79 Å². The fourth-order valence-corrected chi connectivity index (χ4v) is 4.01. The summed E-state index contributed by atoms with van der Waals surface area (Å²) in [6, 6.07) is 14.5. The highest BCUT2D eigenvalue weighted by Gasteiger charge is 2.42. The third kappa shape index (κ3) is 3.60. The molecule has 0 aliphatic carbocycles. The summed E-state index contributed by atoms with van der Waals surface area (Å²) in [6.45, 7) is 6.08. The number of carbonyl (C=O) groups excluding carboxylic acids is 1. The predicted octanol–water partition coefficient (Wildman–Crippen LogP) is 5.27. The van der Waals surface area contributed by atoms with Gasteiger partial charge in [-0.1, -0.05) is 58.7 Å². The quantitative estimate of drug-likeness (QED) is 0.430. The van der Waals surface area contributed by atoms with Crippen molar-refractivity contribution in [3.63, 3.8) is 0 Å². The van der Waals surface area contributed by atoms with Crippen LogP contribution in [0.3, 0.4) is 0 Å². The molecule has 140 valence electrons. The van der Waals surface area contributed by atoms with E-state index in [1.54, 1.807) is 23.1 Å². The number of rotatable bonds is 4. The van der Waals surface area contributed by atoms with Crippen LogP contribution in [0.1, 0.15) is 31.9 Å². The van der Waals surface area contributed by atoms with Crippen molar-refractivity contribution in [3.05, 3.63) is 75.3 Å². The van der Waals surface area contributed by atoms with Crippen LogP contribution in [0.5, 0.6) is 0 Å². The molecule has 1 heterocycles. The van der Waals surface area contributed by atoms with Crippen LogP contribution in [0.25, 0.3) is 5.57 Å². The van der Waals surface area contributed by atoms with Crippen LogP contribution in [0.2, 0.25) is 10.0 Å². The summed E-state index contributed by atoms with van der Waals surface area (Å²) >= 11 is 12.2. The molecule has 6 heteroatoms. The Balaban J connectivity index is 1.99. The summed E-state index contributed by atoms with van der Waals surface area (Å²) in [4.78, 5) is 14.9. The number of benzene rings is 2. The van der Waals surface area contributed by atoms with Crippen LogP contribution in [0, 0.1) is 0 Å². The molecule has 4 nitrogen and oxygen atoms in total. The van der Waals surface area contributed by atoms with Gasteiger partial charge < -0.3 is 10.1 Å². The van der Waals surface area contributed by atoms with E-state index in [1.165, 1.54) is 0 Å². The van der Waals surface area contributed by atoms with Gasteiger partial charge in [0.1, 0.15) is 5.71 Å². The zero-order chi connectivity index (χ0) is 19.8. The average molecular weight is 403 g/mol. The lowest BCUT2D eigenvalue weighted by molar-refractivity contribution is -0.126. The van der Waals surface area contributed by atoms with Crippen molar-refractivity contribution in [2.45, 2.75) is 26.3 Å². The number of nitrogens with zero attached hydrogens (tertiary/aromatic N) is 2. The second-order valence-electron chi connectivity index (χ2n) is 7.08. The number of hydrogen-bond acceptors (Lipinski definition) is 3. The second-order valence-corrected chi connectivity index (χ2v) is 7.95. The molecule has 0 aromatic heterocycles.